The van der Waals surface area contributed by atoms with Crippen LogP contribution in [0.25, 0.3) is 0 Å². The zero-order valence-corrected chi connectivity index (χ0v) is 18.3. The van der Waals surface area contributed by atoms with Crippen LogP contribution in [0.3, 0.4) is 0 Å². The van der Waals surface area contributed by atoms with Gasteiger partial charge in [0, 0.05) is 31.6 Å². The Kier molecular flexibility index (Phi) is 6.69. The summed E-state index contributed by atoms with van der Waals surface area (Å²) in [7, 11) is 0. The van der Waals surface area contributed by atoms with Gasteiger partial charge in [-0.2, -0.15) is 4.73 Å². The molecule has 1 aromatic carbocycles. The van der Waals surface area contributed by atoms with Crippen LogP contribution in [0.5, 0.6) is 11.5 Å². The molecule has 4 rings (SSSR count). The molecule has 0 radical (unpaired) electrons. The first-order valence-electron chi connectivity index (χ1n) is 10.7. The van der Waals surface area contributed by atoms with Gasteiger partial charge in [-0.15, -0.1) is 0 Å². The molecule has 1 amide bonds. The summed E-state index contributed by atoms with van der Waals surface area (Å²) >= 11 is 0. The van der Waals surface area contributed by atoms with Crippen molar-refractivity contribution in [3.8, 4) is 11.5 Å². The van der Waals surface area contributed by atoms with Crippen LogP contribution in [0.15, 0.2) is 67.1 Å². The molecule has 10 heteroatoms. The number of rotatable bonds is 6. The van der Waals surface area contributed by atoms with Gasteiger partial charge in [-0.25, -0.2) is 18.2 Å². The first-order valence-corrected chi connectivity index (χ1v) is 10.7. The van der Waals surface area contributed by atoms with Crippen molar-refractivity contribution in [1.29, 1.82) is 0 Å². The quantitative estimate of drug-likeness (QED) is 0.432. The number of benzene rings is 1. The Bertz CT molecular complexity index is 1130. The minimum atomic E-state index is -2.94. The highest BCUT2D eigenvalue weighted by molar-refractivity contribution is 5.93. The standard InChI is InChI=1S/C24H23F3N4O3/c1-16(30-13-10-24(26,27)21(15-30)17-8-11-31(33)12-9-17)23(32)29-22-7-6-20(14-28-22)34-19-4-2-18(25)3-5-19/h2-9,11-12,14,16,21H,10,13,15H2,1H3,(H,28,29,32)/t16-,21+/m0/s1. The number of halogens is 3. The number of aromatic nitrogens is 2. The average Bonchev–Trinajstić information content (AvgIpc) is 2.82. The third kappa shape index (κ3) is 5.45. The molecule has 34 heavy (non-hydrogen) atoms. The molecule has 1 aliphatic rings. The van der Waals surface area contributed by atoms with E-state index in [0.717, 1.165) is 0 Å². The molecule has 2 aromatic heterocycles. The fourth-order valence-corrected chi connectivity index (χ4v) is 3.83. The van der Waals surface area contributed by atoms with E-state index in [0.29, 0.717) is 21.8 Å². The second-order valence-electron chi connectivity index (χ2n) is 8.15. The molecule has 1 saturated heterocycles. The molecule has 1 aliphatic heterocycles. The number of hydrogen-bond acceptors (Lipinski definition) is 5. The van der Waals surface area contributed by atoms with Gasteiger partial charge in [0.05, 0.1) is 18.2 Å². The number of hydrogen-bond donors (Lipinski definition) is 1. The van der Waals surface area contributed by atoms with E-state index in [9.17, 15) is 23.2 Å². The van der Waals surface area contributed by atoms with Crippen molar-refractivity contribution in [2.45, 2.75) is 31.2 Å². The third-order valence-electron chi connectivity index (χ3n) is 5.85. The van der Waals surface area contributed by atoms with Crippen molar-refractivity contribution in [2.24, 2.45) is 0 Å². The van der Waals surface area contributed by atoms with Gasteiger partial charge in [-0.1, -0.05) is 0 Å². The lowest BCUT2D eigenvalue weighted by molar-refractivity contribution is -0.605. The van der Waals surface area contributed by atoms with E-state index < -0.39 is 24.3 Å². The highest BCUT2D eigenvalue weighted by atomic mass is 19.3. The van der Waals surface area contributed by atoms with Gasteiger partial charge < -0.3 is 15.3 Å². The van der Waals surface area contributed by atoms with E-state index >= 15 is 0 Å². The Morgan fingerprint density at radius 3 is 2.50 bits per heavy atom. The van der Waals surface area contributed by atoms with Crippen LogP contribution in [0, 0.1) is 11.0 Å². The average molecular weight is 472 g/mol. The van der Waals surface area contributed by atoms with Crippen molar-refractivity contribution in [3.05, 3.63) is 83.7 Å². The first-order chi connectivity index (χ1) is 16.2. The molecule has 1 fully saturated rings. The summed E-state index contributed by atoms with van der Waals surface area (Å²) in [5.41, 5.74) is 0.354. The summed E-state index contributed by atoms with van der Waals surface area (Å²) in [4.78, 5) is 18.6. The number of ether oxygens (including phenoxy) is 1. The fourth-order valence-electron chi connectivity index (χ4n) is 3.83. The maximum atomic E-state index is 14.6. The summed E-state index contributed by atoms with van der Waals surface area (Å²) < 4.78 is 48.3. The summed E-state index contributed by atoms with van der Waals surface area (Å²) in [5.74, 6) is -3.70. The summed E-state index contributed by atoms with van der Waals surface area (Å²) in [5, 5.41) is 14.0. The Morgan fingerprint density at radius 2 is 1.85 bits per heavy atom. The summed E-state index contributed by atoms with van der Waals surface area (Å²) in [6, 6.07) is 10.8. The molecule has 1 N–H and O–H groups in total. The molecular formula is C24H23F3N4O3. The minimum absolute atomic E-state index is 0.0255. The molecule has 0 aliphatic carbocycles. The van der Waals surface area contributed by atoms with Crippen molar-refractivity contribution >= 4 is 11.7 Å². The number of pyridine rings is 2. The molecule has 3 aromatic rings. The summed E-state index contributed by atoms with van der Waals surface area (Å²) in [6.45, 7) is 1.69. The maximum absolute atomic E-state index is 14.6. The van der Waals surface area contributed by atoms with E-state index in [1.165, 1.54) is 55.0 Å². The smallest absolute Gasteiger partial charge is 0.257 e. The number of piperidine rings is 1. The molecule has 2 atom stereocenters. The molecular weight excluding hydrogens is 449 g/mol. The SMILES string of the molecule is C[C@@H](C(=O)Nc1ccc(Oc2ccc(F)cc2)cn1)N1CCC(F)(F)[C@@H](c2cc[n+]([O-])cc2)C1. The van der Waals surface area contributed by atoms with Crippen LogP contribution in [-0.2, 0) is 4.79 Å². The van der Waals surface area contributed by atoms with Crippen molar-refractivity contribution in [3.63, 3.8) is 0 Å². The second kappa shape index (κ2) is 9.68. The molecule has 3 heterocycles. The monoisotopic (exact) mass is 472 g/mol. The number of likely N-dealkylation sites (tertiary alicyclic amines) is 1. The van der Waals surface area contributed by atoms with Gasteiger partial charge in [-0.3, -0.25) is 9.69 Å². The van der Waals surface area contributed by atoms with Gasteiger partial charge in [0.2, 0.25) is 5.91 Å². The van der Waals surface area contributed by atoms with Crippen molar-refractivity contribution in [2.75, 3.05) is 18.4 Å². The second-order valence-corrected chi connectivity index (χ2v) is 8.15. The molecule has 178 valence electrons. The third-order valence-corrected chi connectivity index (χ3v) is 5.85. The summed E-state index contributed by atoms with van der Waals surface area (Å²) in [6.07, 6.45) is 3.40. The van der Waals surface area contributed by atoms with Gasteiger partial charge in [0.1, 0.15) is 23.1 Å². The van der Waals surface area contributed by atoms with Crippen LogP contribution < -0.4 is 14.8 Å². The van der Waals surface area contributed by atoms with Crippen LogP contribution >= 0.6 is 0 Å². The van der Waals surface area contributed by atoms with E-state index in [4.69, 9.17) is 4.74 Å². The van der Waals surface area contributed by atoms with E-state index in [1.807, 2.05) is 0 Å². The largest absolute Gasteiger partial charge is 0.619 e. The number of carbonyl (C=O) groups excluding carboxylic acids is 1. The number of nitrogens with zero attached hydrogens (tertiary/aromatic N) is 3. The highest BCUT2D eigenvalue weighted by Crippen LogP contribution is 2.40. The molecule has 0 spiro atoms. The van der Waals surface area contributed by atoms with Gasteiger partial charge in [0.15, 0.2) is 12.4 Å². The van der Waals surface area contributed by atoms with Crippen LogP contribution in [0.1, 0.15) is 24.8 Å². The molecule has 0 saturated carbocycles. The molecule has 0 unspecified atom stereocenters. The zero-order chi connectivity index (χ0) is 24.3. The lowest BCUT2D eigenvalue weighted by Crippen LogP contribution is -2.52. The predicted molar refractivity (Wildman–Crippen MR) is 118 cm³/mol. The van der Waals surface area contributed by atoms with Crippen LogP contribution in [0.4, 0.5) is 19.0 Å². The van der Waals surface area contributed by atoms with Gasteiger partial charge in [0.25, 0.3) is 5.92 Å². The lowest BCUT2D eigenvalue weighted by atomic mass is 9.87. The number of carbonyl (C=O) groups is 1. The van der Waals surface area contributed by atoms with E-state index in [1.54, 1.807) is 24.0 Å². The number of anilines is 1. The maximum Gasteiger partial charge on any atom is 0.257 e. The van der Waals surface area contributed by atoms with Crippen LogP contribution in [-0.4, -0.2) is 40.8 Å². The predicted octanol–water partition coefficient (Wildman–Crippen LogP) is 4.10. The zero-order valence-electron chi connectivity index (χ0n) is 18.3. The molecule has 7 nitrogen and oxygen atoms in total. The number of nitrogens with one attached hydrogen (secondary N) is 1. The lowest BCUT2D eigenvalue weighted by Gasteiger charge is -2.40. The highest BCUT2D eigenvalue weighted by Gasteiger charge is 2.46. The number of amides is 1. The Balaban J connectivity index is 1.38. The number of alkyl halides is 2. The minimum Gasteiger partial charge on any atom is -0.619 e. The Morgan fingerprint density at radius 1 is 1.18 bits per heavy atom. The van der Waals surface area contributed by atoms with Crippen molar-refractivity contribution in [1.82, 2.24) is 9.88 Å². The first kappa shape index (κ1) is 23.5. The van der Waals surface area contributed by atoms with Crippen LogP contribution in [0.2, 0.25) is 0 Å². The Hall–Kier alpha value is -3.66. The fraction of sp³-hybridized carbons (Fsp3) is 0.292. The molecule has 0 bridgehead atoms. The van der Waals surface area contributed by atoms with Gasteiger partial charge >= 0.3 is 0 Å². The van der Waals surface area contributed by atoms with Gasteiger partial charge in [-0.05, 0) is 48.9 Å². The Labute approximate surface area is 194 Å². The van der Waals surface area contributed by atoms with E-state index in [-0.39, 0.29) is 30.6 Å². The topological polar surface area (TPSA) is 81.4 Å². The van der Waals surface area contributed by atoms with Crippen molar-refractivity contribution < 1.29 is 27.4 Å². The van der Waals surface area contributed by atoms with E-state index in [2.05, 4.69) is 10.3 Å². The normalized spacial score (nSPS) is 18.8.